The van der Waals surface area contributed by atoms with Crippen molar-refractivity contribution in [1.82, 2.24) is 4.31 Å². The first-order valence-electron chi connectivity index (χ1n) is 6.15. The van der Waals surface area contributed by atoms with Gasteiger partial charge in [0.2, 0.25) is 10.0 Å². The van der Waals surface area contributed by atoms with Gasteiger partial charge in [0.05, 0.1) is 16.6 Å². The average Bonchev–Trinajstić information content (AvgIpc) is 2.34. The molecule has 7 nitrogen and oxygen atoms in total. The molecule has 0 spiro atoms. The average molecular weight is 320 g/mol. The number of hydrogen-bond donors (Lipinski definition) is 1. The molecule has 0 saturated carbocycles. The van der Waals surface area contributed by atoms with E-state index in [2.05, 4.69) is 0 Å². The summed E-state index contributed by atoms with van der Waals surface area (Å²) in [5.74, 6) is -1.20. The third-order valence-electron chi connectivity index (χ3n) is 2.66. The van der Waals surface area contributed by atoms with Crippen molar-refractivity contribution >= 4 is 15.7 Å². The van der Waals surface area contributed by atoms with Crippen LogP contribution in [-0.4, -0.2) is 41.4 Å². The number of non-ortho nitro benzene ring substituents is 1. The molecule has 9 heteroatoms. The Kier molecular flexibility index (Phi) is 5.03. The maximum Gasteiger partial charge on any atom is 0.272 e. The molecule has 0 aliphatic rings. The van der Waals surface area contributed by atoms with Gasteiger partial charge in [0.25, 0.3) is 5.69 Å². The molecule has 1 N–H and O–H groups in total. The van der Waals surface area contributed by atoms with Gasteiger partial charge in [-0.2, -0.15) is 4.31 Å². The highest BCUT2D eigenvalue weighted by atomic mass is 32.2. The summed E-state index contributed by atoms with van der Waals surface area (Å²) in [6, 6.07) is 2.34. The number of likely N-dealkylation sites (N-methyl/N-ethyl adjacent to an activating group) is 1. The molecule has 0 radical (unpaired) electrons. The summed E-state index contributed by atoms with van der Waals surface area (Å²) in [4.78, 5) is 9.07. The van der Waals surface area contributed by atoms with Crippen molar-refractivity contribution in [3.05, 3.63) is 34.1 Å². The van der Waals surface area contributed by atoms with E-state index in [0.717, 1.165) is 16.4 Å². The number of hydrogen-bond acceptors (Lipinski definition) is 5. The second kappa shape index (κ2) is 6.04. The molecule has 118 valence electrons. The van der Waals surface area contributed by atoms with Crippen LogP contribution >= 0.6 is 0 Å². The predicted molar refractivity (Wildman–Crippen MR) is 73.8 cm³/mol. The second-order valence-electron chi connectivity index (χ2n) is 5.12. The lowest BCUT2D eigenvalue weighted by Crippen LogP contribution is -2.42. The number of benzene rings is 1. The summed E-state index contributed by atoms with van der Waals surface area (Å²) in [5.41, 5.74) is -1.82. The van der Waals surface area contributed by atoms with Crippen molar-refractivity contribution in [1.29, 1.82) is 0 Å². The maximum atomic E-state index is 13.9. The molecule has 0 aliphatic heterocycles. The van der Waals surface area contributed by atoms with E-state index in [-0.39, 0.29) is 13.1 Å². The highest BCUT2D eigenvalue weighted by molar-refractivity contribution is 7.89. The lowest BCUT2D eigenvalue weighted by Gasteiger charge is -2.27. The van der Waals surface area contributed by atoms with Crippen LogP contribution in [0.2, 0.25) is 0 Å². The van der Waals surface area contributed by atoms with Gasteiger partial charge in [0, 0.05) is 19.2 Å². The van der Waals surface area contributed by atoms with Crippen LogP contribution in [-0.2, 0) is 10.0 Å². The number of sulfonamides is 1. The van der Waals surface area contributed by atoms with Crippen LogP contribution in [0.25, 0.3) is 0 Å². The molecule has 0 fully saturated rings. The Bertz CT molecular complexity index is 640. The standard InChI is InChI=1S/C12H17FN2O5S/c1-4-14(8-12(2,3)16)21(19,20)11-6-5-9(15(17)18)7-10(11)13/h5-7,16H,4,8H2,1-3H3. The summed E-state index contributed by atoms with van der Waals surface area (Å²) in [6.07, 6.45) is 0. The Balaban J connectivity index is 3.26. The van der Waals surface area contributed by atoms with E-state index >= 15 is 0 Å². The Morgan fingerprint density at radius 1 is 1.43 bits per heavy atom. The van der Waals surface area contributed by atoms with Crippen molar-refractivity contribution in [3.8, 4) is 0 Å². The molecular formula is C12H17FN2O5S. The Morgan fingerprint density at radius 3 is 2.38 bits per heavy atom. The van der Waals surface area contributed by atoms with Gasteiger partial charge in [-0.1, -0.05) is 6.92 Å². The molecule has 1 aromatic carbocycles. The van der Waals surface area contributed by atoms with Crippen LogP contribution in [0.4, 0.5) is 10.1 Å². The molecular weight excluding hydrogens is 303 g/mol. The van der Waals surface area contributed by atoms with E-state index in [9.17, 15) is 28.0 Å². The molecule has 0 aliphatic carbocycles. The molecule has 0 unspecified atom stereocenters. The van der Waals surface area contributed by atoms with Crippen molar-refractivity contribution in [2.45, 2.75) is 31.3 Å². The summed E-state index contributed by atoms with van der Waals surface area (Å²) < 4.78 is 39.5. The molecule has 0 atom stereocenters. The molecule has 0 bridgehead atoms. The van der Waals surface area contributed by atoms with Crippen LogP contribution in [0.5, 0.6) is 0 Å². The highest BCUT2D eigenvalue weighted by Crippen LogP contribution is 2.24. The number of nitro benzene ring substituents is 1. The zero-order chi connectivity index (χ0) is 16.4. The smallest absolute Gasteiger partial charge is 0.272 e. The predicted octanol–water partition coefficient (Wildman–Crippen LogP) is 1.52. The van der Waals surface area contributed by atoms with Gasteiger partial charge in [-0.3, -0.25) is 10.1 Å². The van der Waals surface area contributed by atoms with Crippen molar-refractivity contribution in [3.63, 3.8) is 0 Å². The van der Waals surface area contributed by atoms with Crippen molar-refractivity contribution < 1.29 is 22.8 Å². The fourth-order valence-corrected chi connectivity index (χ4v) is 3.40. The number of nitrogens with zero attached hydrogens (tertiary/aromatic N) is 2. The molecule has 0 aromatic heterocycles. The number of rotatable bonds is 6. The molecule has 1 aromatic rings. The summed E-state index contributed by atoms with van der Waals surface area (Å²) in [5, 5.41) is 20.3. The quantitative estimate of drug-likeness (QED) is 0.632. The minimum Gasteiger partial charge on any atom is -0.389 e. The fraction of sp³-hybridized carbons (Fsp3) is 0.500. The van der Waals surface area contributed by atoms with E-state index in [1.807, 2.05) is 0 Å². The van der Waals surface area contributed by atoms with Gasteiger partial charge in [-0.15, -0.1) is 0 Å². The van der Waals surface area contributed by atoms with Gasteiger partial charge in [-0.25, -0.2) is 12.8 Å². The first-order valence-corrected chi connectivity index (χ1v) is 7.59. The summed E-state index contributed by atoms with van der Waals surface area (Å²) >= 11 is 0. The Hall–Kier alpha value is -1.58. The first kappa shape index (κ1) is 17.5. The minimum atomic E-state index is -4.18. The topological polar surface area (TPSA) is 101 Å². The molecule has 0 amide bonds. The largest absolute Gasteiger partial charge is 0.389 e. The zero-order valence-corrected chi connectivity index (χ0v) is 12.7. The second-order valence-corrected chi connectivity index (χ2v) is 7.02. The van der Waals surface area contributed by atoms with Crippen LogP contribution in [0.15, 0.2) is 23.1 Å². The maximum absolute atomic E-state index is 13.9. The van der Waals surface area contributed by atoms with E-state index in [1.165, 1.54) is 13.8 Å². The van der Waals surface area contributed by atoms with E-state index < -0.39 is 36.9 Å². The highest BCUT2D eigenvalue weighted by Gasteiger charge is 2.31. The number of nitro groups is 1. The minimum absolute atomic E-state index is 0.0305. The number of halogens is 1. The van der Waals surface area contributed by atoms with Gasteiger partial charge >= 0.3 is 0 Å². The first-order chi connectivity index (χ1) is 9.49. The van der Waals surface area contributed by atoms with Crippen molar-refractivity contribution in [2.24, 2.45) is 0 Å². The van der Waals surface area contributed by atoms with Crippen LogP contribution < -0.4 is 0 Å². The monoisotopic (exact) mass is 320 g/mol. The van der Waals surface area contributed by atoms with E-state index in [0.29, 0.717) is 6.07 Å². The van der Waals surface area contributed by atoms with Crippen LogP contribution in [0, 0.1) is 15.9 Å². The van der Waals surface area contributed by atoms with Gasteiger partial charge in [-0.05, 0) is 19.9 Å². The zero-order valence-electron chi connectivity index (χ0n) is 11.9. The lowest BCUT2D eigenvalue weighted by atomic mass is 10.1. The van der Waals surface area contributed by atoms with E-state index in [1.54, 1.807) is 6.92 Å². The number of aliphatic hydroxyl groups is 1. The Morgan fingerprint density at radius 2 is 2.00 bits per heavy atom. The van der Waals surface area contributed by atoms with Crippen LogP contribution in [0.1, 0.15) is 20.8 Å². The lowest BCUT2D eigenvalue weighted by molar-refractivity contribution is -0.385. The van der Waals surface area contributed by atoms with Gasteiger partial charge in [0.15, 0.2) is 0 Å². The van der Waals surface area contributed by atoms with Gasteiger partial charge in [0.1, 0.15) is 10.7 Å². The molecule has 21 heavy (non-hydrogen) atoms. The normalized spacial score (nSPS) is 12.7. The third-order valence-corrected chi connectivity index (χ3v) is 4.61. The van der Waals surface area contributed by atoms with Crippen molar-refractivity contribution in [2.75, 3.05) is 13.1 Å². The van der Waals surface area contributed by atoms with Gasteiger partial charge < -0.3 is 5.11 Å². The van der Waals surface area contributed by atoms with Crippen LogP contribution in [0.3, 0.4) is 0 Å². The summed E-state index contributed by atoms with van der Waals surface area (Å²) in [6.45, 7) is 4.21. The third kappa shape index (κ3) is 4.19. The fourth-order valence-electron chi connectivity index (χ4n) is 1.75. The molecule has 0 heterocycles. The Labute approximate surface area is 122 Å². The van der Waals surface area contributed by atoms with E-state index in [4.69, 9.17) is 0 Å². The summed E-state index contributed by atoms with van der Waals surface area (Å²) in [7, 11) is -4.18. The SMILES string of the molecule is CCN(CC(C)(C)O)S(=O)(=O)c1ccc([N+](=O)[O-])cc1F. The molecule has 1 rings (SSSR count). The molecule has 0 saturated heterocycles.